The standard InChI is InChI=1S/C10H24N2O4/c1-2-3-4-5-6-8-13-15-16-14-9-7-10(11)12/h10H,2-9,11-12H2,1H3. The molecule has 0 aliphatic carbocycles. The van der Waals surface area contributed by atoms with Crippen LogP contribution in [0, 0.1) is 0 Å². The molecule has 0 saturated heterocycles. The van der Waals surface area contributed by atoms with Crippen LogP contribution in [0.1, 0.15) is 45.4 Å². The van der Waals surface area contributed by atoms with Gasteiger partial charge in [0, 0.05) is 6.42 Å². The Morgan fingerprint density at radius 1 is 0.875 bits per heavy atom. The highest BCUT2D eigenvalue weighted by Gasteiger charge is 1.96. The summed E-state index contributed by atoms with van der Waals surface area (Å²) in [5.41, 5.74) is 10.6. The maximum Gasteiger partial charge on any atom is 0.0882 e. The van der Waals surface area contributed by atoms with Crippen LogP contribution in [-0.2, 0) is 19.9 Å². The van der Waals surface area contributed by atoms with Crippen LogP contribution >= 0.6 is 0 Å². The molecule has 0 fully saturated rings. The third kappa shape index (κ3) is 13.8. The van der Waals surface area contributed by atoms with Crippen molar-refractivity contribution in [2.24, 2.45) is 11.5 Å². The first kappa shape index (κ1) is 15.8. The first-order valence-corrected chi connectivity index (χ1v) is 5.86. The normalized spacial score (nSPS) is 11.2. The molecule has 0 aromatic heterocycles. The zero-order valence-electron chi connectivity index (χ0n) is 10.0. The van der Waals surface area contributed by atoms with Gasteiger partial charge in [0.15, 0.2) is 0 Å². The Morgan fingerprint density at radius 2 is 1.50 bits per heavy atom. The highest BCUT2D eigenvalue weighted by molar-refractivity contribution is 4.46. The second-order valence-electron chi connectivity index (χ2n) is 3.65. The van der Waals surface area contributed by atoms with Crippen LogP contribution in [0.25, 0.3) is 0 Å². The molecule has 0 atom stereocenters. The van der Waals surface area contributed by atoms with E-state index in [1.165, 1.54) is 19.3 Å². The molecule has 0 saturated carbocycles. The highest BCUT2D eigenvalue weighted by Crippen LogP contribution is 2.02. The van der Waals surface area contributed by atoms with E-state index in [-0.39, 0.29) is 6.61 Å². The zero-order chi connectivity index (χ0) is 12.1. The molecule has 98 valence electrons. The summed E-state index contributed by atoms with van der Waals surface area (Å²) in [5.74, 6) is 0. The van der Waals surface area contributed by atoms with Gasteiger partial charge in [0.1, 0.15) is 0 Å². The van der Waals surface area contributed by atoms with Gasteiger partial charge in [0.25, 0.3) is 0 Å². The molecule has 0 aromatic carbocycles. The maximum absolute atomic E-state index is 5.28. The lowest BCUT2D eigenvalue weighted by molar-refractivity contribution is -0.634. The minimum Gasteiger partial charge on any atom is -0.316 e. The smallest absolute Gasteiger partial charge is 0.0882 e. The number of hydrogen-bond acceptors (Lipinski definition) is 6. The van der Waals surface area contributed by atoms with E-state index in [1.807, 2.05) is 0 Å². The van der Waals surface area contributed by atoms with Crippen LogP contribution < -0.4 is 11.5 Å². The predicted octanol–water partition coefficient (Wildman–Crippen LogP) is 1.40. The van der Waals surface area contributed by atoms with Gasteiger partial charge in [-0.2, -0.15) is 0 Å². The molecule has 0 bridgehead atoms. The first-order chi connectivity index (χ1) is 7.77. The number of rotatable bonds is 12. The number of nitrogens with two attached hydrogens (primary N) is 2. The third-order valence-electron chi connectivity index (χ3n) is 1.99. The topological polar surface area (TPSA) is 89.0 Å². The third-order valence-corrected chi connectivity index (χ3v) is 1.99. The summed E-state index contributed by atoms with van der Waals surface area (Å²) < 4.78 is 0. The van der Waals surface area contributed by atoms with Crippen molar-refractivity contribution in [2.75, 3.05) is 13.2 Å². The van der Waals surface area contributed by atoms with Crippen molar-refractivity contribution in [2.45, 2.75) is 51.6 Å². The van der Waals surface area contributed by atoms with Gasteiger partial charge in [-0.1, -0.05) is 32.6 Å². The van der Waals surface area contributed by atoms with Crippen LogP contribution in [-0.4, -0.2) is 19.4 Å². The molecule has 0 unspecified atom stereocenters. The Morgan fingerprint density at radius 3 is 2.12 bits per heavy atom. The summed E-state index contributed by atoms with van der Waals surface area (Å²) in [4.78, 5) is 9.29. The fourth-order valence-corrected chi connectivity index (χ4v) is 1.06. The first-order valence-electron chi connectivity index (χ1n) is 5.86. The summed E-state index contributed by atoms with van der Waals surface area (Å²) in [6.45, 7) is 2.96. The van der Waals surface area contributed by atoms with Gasteiger partial charge in [-0.25, -0.2) is 9.78 Å². The van der Waals surface area contributed by atoms with E-state index >= 15 is 0 Å². The maximum atomic E-state index is 5.28. The number of hydrogen-bond donors (Lipinski definition) is 2. The van der Waals surface area contributed by atoms with Gasteiger partial charge in [-0.15, -0.1) is 0 Å². The fraction of sp³-hybridized carbons (Fsp3) is 1.00. The number of unbranched alkanes of at least 4 members (excludes halogenated alkanes) is 4. The predicted molar refractivity (Wildman–Crippen MR) is 59.6 cm³/mol. The van der Waals surface area contributed by atoms with Gasteiger partial charge in [0.05, 0.1) is 19.4 Å². The van der Waals surface area contributed by atoms with Crippen molar-refractivity contribution < 1.29 is 19.9 Å². The van der Waals surface area contributed by atoms with E-state index in [9.17, 15) is 0 Å². The van der Waals surface area contributed by atoms with Crippen LogP contribution in [0.15, 0.2) is 0 Å². The van der Waals surface area contributed by atoms with E-state index in [2.05, 4.69) is 21.9 Å². The molecule has 6 nitrogen and oxygen atoms in total. The molecule has 0 spiro atoms. The molecule has 16 heavy (non-hydrogen) atoms. The summed E-state index contributed by atoms with van der Waals surface area (Å²) >= 11 is 0. The lowest BCUT2D eigenvalue weighted by Gasteiger charge is -2.04. The molecule has 0 aliphatic heterocycles. The Kier molecular flexibility index (Phi) is 12.6. The second-order valence-corrected chi connectivity index (χ2v) is 3.65. The Balaban J connectivity index is 2.88. The van der Waals surface area contributed by atoms with Crippen molar-refractivity contribution in [1.82, 2.24) is 0 Å². The van der Waals surface area contributed by atoms with Crippen LogP contribution in [0.3, 0.4) is 0 Å². The molecule has 6 heteroatoms. The molecular weight excluding hydrogens is 212 g/mol. The Bertz CT molecular complexity index is 136. The molecule has 0 radical (unpaired) electrons. The second kappa shape index (κ2) is 12.8. The Hall–Kier alpha value is -0.240. The minimum atomic E-state index is -0.400. The zero-order valence-corrected chi connectivity index (χ0v) is 10.0. The molecule has 0 heterocycles. The average Bonchev–Trinajstić information content (AvgIpc) is 2.25. The van der Waals surface area contributed by atoms with Crippen molar-refractivity contribution >= 4 is 0 Å². The highest BCUT2D eigenvalue weighted by atomic mass is 17.7. The van der Waals surface area contributed by atoms with E-state index in [4.69, 9.17) is 16.4 Å². The monoisotopic (exact) mass is 236 g/mol. The summed E-state index contributed by atoms with van der Waals surface area (Å²) in [6, 6.07) is 0. The van der Waals surface area contributed by atoms with Gasteiger partial charge in [-0.05, 0) is 16.5 Å². The van der Waals surface area contributed by atoms with Crippen molar-refractivity contribution in [3.63, 3.8) is 0 Å². The Labute approximate surface area is 96.9 Å². The van der Waals surface area contributed by atoms with Crippen LogP contribution in [0.4, 0.5) is 0 Å². The largest absolute Gasteiger partial charge is 0.316 e. The van der Waals surface area contributed by atoms with Crippen LogP contribution in [0.5, 0.6) is 0 Å². The van der Waals surface area contributed by atoms with Gasteiger partial charge < -0.3 is 11.5 Å². The molecule has 0 aliphatic rings. The molecule has 0 rings (SSSR count). The minimum absolute atomic E-state index is 0.275. The molecule has 0 aromatic rings. The van der Waals surface area contributed by atoms with E-state index in [0.29, 0.717) is 13.0 Å². The van der Waals surface area contributed by atoms with Gasteiger partial charge in [0.2, 0.25) is 0 Å². The summed E-state index contributed by atoms with van der Waals surface area (Å²) in [5, 5.41) is 8.60. The average molecular weight is 236 g/mol. The lowest BCUT2D eigenvalue weighted by atomic mass is 10.2. The SMILES string of the molecule is CCCCCCCOOOOCCC(N)N. The van der Waals surface area contributed by atoms with E-state index in [1.54, 1.807) is 0 Å². The van der Waals surface area contributed by atoms with Crippen LogP contribution in [0.2, 0.25) is 0 Å². The van der Waals surface area contributed by atoms with E-state index in [0.717, 1.165) is 12.8 Å². The summed E-state index contributed by atoms with van der Waals surface area (Å²) in [6.07, 6.45) is 5.92. The molecular formula is C10H24N2O4. The van der Waals surface area contributed by atoms with E-state index < -0.39 is 6.17 Å². The lowest BCUT2D eigenvalue weighted by Crippen LogP contribution is -2.31. The van der Waals surface area contributed by atoms with Gasteiger partial charge in [-0.3, -0.25) is 0 Å². The molecule has 4 N–H and O–H groups in total. The fourth-order valence-electron chi connectivity index (χ4n) is 1.06. The summed E-state index contributed by atoms with van der Waals surface area (Å²) in [7, 11) is 0. The van der Waals surface area contributed by atoms with Crippen molar-refractivity contribution in [3.05, 3.63) is 0 Å². The quantitative estimate of drug-likeness (QED) is 0.230. The molecule has 0 amide bonds. The van der Waals surface area contributed by atoms with Crippen molar-refractivity contribution in [1.29, 1.82) is 0 Å². The van der Waals surface area contributed by atoms with Crippen molar-refractivity contribution in [3.8, 4) is 0 Å². The van der Waals surface area contributed by atoms with Gasteiger partial charge >= 0.3 is 0 Å².